The van der Waals surface area contributed by atoms with Crippen molar-refractivity contribution in [3.8, 4) is 5.75 Å². The van der Waals surface area contributed by atoms with E-state index >= 15 is 0 Å². The molecule has 4 atom stereocenters. The number of aliphatic carboxylic acids is 1. The number of primary amides is 1. The normalized spacial score (nSPS) is 13.5. The van der Waals surface area contributed by atoms with Crippen molar-refractivity contribution in [3.05, 3.63) is 102 Å². The number of carbonyl (C=O) groups excluding carboxylic acids is 4. The van der Waals surface area contributed by atoms with E-state index in [9.17, 15) is 34.2 Å². The highest BCUT2D eigenvalue weighted by Gasteiger charge is 2.31. The minimum Gasteiger partial charge on any atom is -0.508 e. The van der Waals surface area contributed by atoms with Crippen molar-refractivity contribution < 1.29 is 34.2 Å². The first-order valence-corrected chi connectivity index (χ1v) is 13.6. The van der Waals surface area contributed by atoms with Gasteiger partial charge in [0.15, 0.2) is 0 Å². The van der Waals surface area contributed by atoms with Crippen molar-refractivity contribution in [1.29, 1.82) is 0 Å². The zero-order valence-electron chi connectivity index (χ0n) is 23.3. The van der Waals surface area contributed by atoms with E-state index in [-0.39, 0.29) is 25.0 Å². The fraction of sp³-hybridized carbons (Fsp3) is 0.258. The van der Waals surface area contributed by atoms with Gasteiger partial charge in [-0.15, -0.1) is 0 Å². The van der Waals surface area contributed by atoms with Crippen LogP contribution < -0.4 is 27.4 Å². The average molecular weight is 590 g/mol. The van der Waals surface area contributed by atoms with Crippen LogP contribution in [-0.2, 0) is 43.2 Å². The molecule has 0 heterocycles. The maximum Gasteiger partial charge on any atom is 0.326 e. The number of rotatable bonds is 15. The molecule has 0 bridgehead atoms. The van der Waals surface area contributed by atoms with Crippen molar-refractivity contribution in [3.63, 3.8) is 0 Å². The molecular formula is C31H35N5O7. The molecule has 43 heavy (non-hydrogen) atoms. The van der Waals surface area contributed by atoms with Crippen molar-refractivity contribution in [2.24, 2.45) is 11.5 Å². The molecule has 3 aromatic rings. The minimum atomic E-state index is -1.30. The third kappa shape index (κ3) is 10.6. The largest absolute Gasteiger partial charge is 0.508 e. The molecule has 0 fully saturated rings. The van der Waals surface area contributed by atoms with Crippen molar-refractivity contribution in [2.45, 2.75) is 49.9 Å². The molecule has 3 aromatic carbocycles. The Balaban J connectivity index is 1.85. The second kappa shape index (κ2) is 15.7. The van der Waals surface area contributed by atoms with Gasteiger partial charge in [0.05, 0.1) is 12.5 Å². The van der Waals surface area contributed by atoms with Crippen molar-refractivity contribution in [2.75, 3.05) is 0 Å². The summed E-state index contributed by atoms with van der Waals surface area (Å²) in [7, 11) is 0. The second-order valence-electron chi connectivity index (χ2n) is 10.0. The highest BCUT2D eigenvalue weighted by Crippen LogP contribution is 2.13. The number of hydrogen-bond donors (Lipinski definition) is 7. The fourth-order valence-electron chi connectivity index (χ4n) is 4.32. The Morgan fingerprint density at radius 1 is 0.605 bits per heavy atom. The summed E-state index contributed by atoms with van der Waals surface area (Å²) in [6.45, 7) is 0. The van der Waals surface area contributed by atoms with Gasteiger partial charge < -0.3 is 37.6 Å². The van der Waals surface area contributed by atoms with E-state index < -0.39 is 60.2 Å². The number of nitrogens with two attached hydrogens (primary N) is 2. The molecule has 3 rings (SSSR count). The number of hydrogen-bond acceptors (Lipinski definition) is 7. The highest BCUT2D eigenvalue weighted by molar-refractivity contribution is 5.95. The molecule has 0 saturated heterocycles. The predicted molar refractivity (Wildman–Crippen MR) is 157 cm³/mol. The first kappa shape index (κ1) is 32.3. The van der Waals surface area contributed by atoms with E-state index in [1.54, 1.807) is 72.8 Å². The Hall–Kier alpha value is -5.23. The van der Waals surface area contributed by atoms with Crippen LogP contribution in [0, 0.1) is 0 Å². The maximum absolute atomic E-state index is 13.6. The van der Waals surface area contributed by atoms with Gasteiger partial charge >= 0.3 is 5.97 Å². The van der Waals surface area contributed by atoms with E-state index in [0.29, 0.717) is 16.7 Å². The molecule has 0 spiro atoms. The van der Waals surface area contributed by atoms with Gasteiger partial charge in [0.1, 0.15) is 23.9 Å². The first-order chi connectivity index (χ1) is 20.5. The van der Waals surface area contributed by atoms with Crippen LogP contribution in [0.2, 0.25) is 0 Å². The fourth-order valence-corrected chi connectivity index (χ4v) is 4.32. The number of benzene rings is 3. The molecule has 226 valence electrons. The van der Waals surface area contributed by atoms with Crippen LogP contribution in [0.1, 0.15) is 23.1 Å². The number of carboxylic acid groups (broad SMARTS) is 1. The van der Waals surface area contributed by atoms with Gasteiger partial charge in [0.25, 0.3) is 0 Å². The van der Waals surface area contributed by atoms with Crippen LogP contribution in [0.5, 0.6) is 5.75 Å². The van der Waals surface area contributed by atoms with Crippen LogP contribution in [0.4, 0.5) is 0 Å². The van der Waals surface area contributed by atoms with Crippen LogP contribution in [-0.4, -0.2) is 64.0 Å². The Morgan fingerprint density at radius 3 is 1.44 bits per heavy atom. The molecule has 0 aliphatic rings. The second-order valence-corrected chi connectivity index (χ2v) is 10.0. The number of nitrogens with one attached hydrogen (secondary N) is 3. The standard InChI is InChI=1S/C31H35N5O7/c32-23(18-27(33)38)28(39)34-24(15-19-7-3-1-4-8-19)29(40)35-25(16-21-11-13-22(37)14-12-21)30(41)36-26(31(42)43)17-20-9-5-2-6-10-20/h1-14,23-26,37H,15-18,32H2,(H2,33,38)(H,34,39)(H,35,40)(H,36,41)(H,42,43). The Bertz CT molecular complexity index is 1400. The number of aromatic hydroxyl groups is 1. The van der Waals surface area contributed by atoms with Gasteiger partial charge in [-0.3, -0.25) is 19.2 Å². The number of phenolic OH excluding ortho intramolecular Hbond substituents is 1. The molecule has 0 radical (unpaired) electrons. The number of amides is 4. The lowest BCUT2D eigenvalue weighted by Gasteiger charge is -2.25. The summed E-state index contributed by atoms with van der Waals surface area (Å²) in [5.41, 5.74) is 12.9. The molecule has 0 aromatic heterocycles. The van der Waals surface area contributed by atoms with E-state index in [1.165, 1.54) is 12.1 Å². The zero-order valence-corrected chi connectivity index (χ0v) is 23.3. The van der Waals surface area contributed by atoms with E-state index in [4.69, 9.17) is 11.5 Å². The molecule has 4 unspecified atom stereocenters. The molecular weight excluding hydrogens is 554 g/mol. The van der Waals surface area contributed by atoms with Crippen molar-refractivity contribution in [1.82, 2.24) is 16.0 Å². The lowest BCUT2D eigenvalue weighted by Crippen LogP contribution is -2.58. The molecule has 9 N–H and O–H groups in total. The zero-order chi connectivity index (χ0) is 31.4. The SMILES string of the molecule is NC(=O)CC(N)C(=O)NC(Cc1ccccc1)C(=O)NC(Cc1ccc(O)cc1)C(=O)NC(Cc1ccccc1)C(=O)O. The summed E-state index contributed by atoms with van der Waals surface area (Å²) in [5.74, 6) is -4.34. The summed E-state index contributed by atoms with van der Waals surface area (Å²) < 4.78 is 0. The van der Waals surface area contributed by atoms with Crippen molar-refractivity contribution >= 4 is 29.6 Å². The molecule has 0 saturated carbocycles. The summed E-state index contributed by atoms with van der Waals surface area (Å²) in [6.07, 6.45) is -0.453. The third-order valence-electron chi connectivity index (χ3n) is 6.58. The summed E-state index contributed by atoms with van der Waals surface area (Å²) >= 11 is 0. The van der Waals surface area contributed by atoms with E-state index in [2.05, 4.69) is 16.0 Å². The lowest BCUT2D eigenvalue weighted by atomic mass is 10.0. The summed E-state index contributed by atoms with van der Waals surface area (Å²) in [4.78, 5) is 63.1. The monoisotopic (exact) mass is 589 g/mol. The summed E-state index contributed by atoms with van der Waals surface area (Å²) in [5, 5.41) is 27.2. The van der Waals surface area contributed by atoms with Gasteiger partial charge in [-0.2, -0.15) is 0 Å². The van der Waals surface area contributed by atoms with Crippen LogP contribution in [0.3, 0.4) is 0 Å². The molecule has 12 nitrogen and oxygen atoms in total. The van der Waals surface area contributed by atoms with Crippen LogP contribution in [0.15, 0.2) is 84.9 Å². The number of carbonyl (C=O) groups is 5. The molecule has 0 aliphatic heterocycles. The Morgan fingerprint density at radius 2 is 1.00 bits per heavy atom. The maximum atomic E-state index is 13.6. The van der Waals surface area contributed by atoms with Gasteiger partial charge in [-0.1, -0.05) is 72.8 Å². The van der Waals surface area contributed by atoms with Crippen LogP contribution in [0.25, 0.3) is 0 Å². The molecule has 0 aliphatic carbocycles. The van der Waals surface area contributed by atoms with E-state index in [1.807, 2.05) is 0 Å². The number of carboxylic acids is 1. The number of phenols is 1. The third-order valence-corrected chi connectivity index (χ3v) is 6.58. The quantitative estimate of drug-likeness (QED) is 0.129. The predicted octanol–water partition coefficient (Wildman–Crippen LogP) is 0.162. The van der Waals surface area contributed by atoms with Gasteiger partial charge in [0.2, 0.25) is 23.6 Å². The smallest absolute Gasteiger partial charge is 0.326 e. The van der Waals surface area contributed by atoms with E-state index in [0.717, 1.165) is 0 Å². The average Bonchev–Trinajstić information content (AvgIpc) is 2.97. The lowest BCUT2D eigenvalue weighted by molar-refractivity contribution is -0.142. The molecule has 12 heteroatoms. The minimum absolute atomic E-state index is 0.000488. The van der Waals surface area contributed by atoms with Gasteiger partial charge in [-0.05, 0) is 28.8 Å². The summed E-state index contributed by atoms with van der Waals surface area (Å²) in [6, 6.07) is 18.4. The highest BCUT2D eigenvalue weighted by atomic mass is 16.4. The van der Waals surface area contributed by atoms with Gasteiger partial charge in [-0.25, -0.2) is 4.79 Å². The Labute approximate surface area is 248 Å². The van der Waals surface area contributed by atoms with Gasteiger partial charge in [0, 0.05) is 19.3 Å². The Kier molecular flexibility index (Phi) is 11.8. The van der Waals surface area contributed by atoms with Crippen LogP contribution >= 0.6 is 0 Å². The topological polar surface area (TPSA) is 214 Å². The molecule has 4 amide bonds. The first-order valence-electron chi connectivity index (χ1n) is 13.6.